The second kappa shape index (κ2) is 7.04. The minimum absolute atomic E-state index is 0.179. The maximum absolute atomic E-state index is 14.4. The van der Waals surface area contributed by atoms with Crippen LogP contribution >= 0.6 is 15.9 Å². The predicted molar refractivity (Wildman–Crippen MR) is 82.3 cm³/mol. The van der Waals surface area contributed by atoms with E-state index < -0.39 is 0 Å². The molecule has 1 heterocycles. The van der Waals surface area contributed by atoms with E-state index in [0.717, 1.165) is 30.7 Å². The van der Waals surface area contributed by atoms with Crippen LogP contribution in [0.15, 0.2) is 39.4 Å². The Hall–Kier alpha value is -1.13. The van der Waals surface area contributed by atoms with E-state index in [1.165, 1.54) is 0 Å². The van der Waals surface area contributed by atoms with Gasteiger partial charge < -0.3 is 9.73 Å². The van der Waals surface area contributed by atoms with Gasteiger partial charge in [0.2, 0.25) is 0 Å². The Morgan fingerprint density at radius 2 is 2.05 bits per heavy atom. The molecule has 0 aliphatic rings. The fourth-order valence-electron chi connectivity index (χ4n) is 2.31. The van der Waals surface area contributed by atoms with E-state index in [1.54, 1.807) is 12.3 Å². The zero-order valence-electron chi connectivity index (χ0n) is 11.7. The molecule has 0 aliphatic heterocycles. The molecule has 2 aromatic rings. The highest BCUT2D eigenvalue weighted by atomic mass is 79.9. The molecular formula is C16H19BrFNO. The summed E-state index contributed by atoms with van der Waals surface area (Å²) in [6.45, 7) is 4.96. The van der Waals surface area contributed by atoms with Gasteiger partial charge in [0.25, 0.3) is 0 Å². The molecule has 108 valence electrons. The lowest BCUT2D eigenvalue weighted by Gasteiger charge is -2.20. The summed E-state index contributed by atoms with van der Waals surface area (Å²) in [5.41, 5.74) is 1.65. The Morgan fingerprint density at radius 1 is 1.25 bits per heavy atom. The molecule has 0 saturated heterocycles. The van der Waals surface area contributed by atoms with Crippen molar-refractivity contribution in [2.45, 2.75) is 32.7 Å². The van der Waals surface area contributed by atoms with Gasteiger partial charge in [0.1, 0.15) is 11.6 Å². The van der Waals surface area contributed by atoms with Crippen molar-refractivity contribution in [3.05, 3.63) is 57.7 Å². The first-order valence-electron chi connectivity index (χ1n) is 6.92. The standard InChI is InChI=1S/C16H19BrFNO/c1-3-9-19-16(11-8-10-20-14(11)4-2)12-6-5-7-13(17)15(12)18/h5-8,10,16,19H,3-4,9H2,1-2H3. The monoisotopic (exact) mass is 339 g/mol. The molecule has 0 aliphatic carbocycles. The molecule has 20 heavy (non-hydrogen) atoms. The summed E-state index contributed by atoms with van der Waals surface area (Å²) in [6, 6.07) is 7.13. The Balaban J connectivity index is 2.44. The van der Waals surface area contributed by atoms with Crippen molar-refractivity contribution in [1.29, 1.82) is 0 Å². The largest absolute Gasteiger partial charge is 0.469 e. The molecule has 1 aromatic carbocycles. The highest BCUT2D eigenvalue weighted by Crippen LogP contribution is 2.31. The van der Waals surface area contributed by atoms with Gasteiger partial charge in [0.15, 0.2) is 0 Å². The molecule has 0 saturated carbocycles. The van der Waals surface area contributed by atoms with Crippen LogP contribution in [0.3, 0.4) is 0 Å². The van der Waals surface area contributed by atoms with Gasteiger partial charge in [-0.05, 0) is 41.0 Å². The Kier molecular flexibility index (Phi) is 5.38. The molecule has 0 spiro atoms. The van der Waals surface area contributed by atoms with Crippen molar-refractivity contribution < 1.29 is 8.81 Å². The van der Waals surface area contributed by atoms with E-state index in [4.69, 9.17) is 4.42 Å². The lowest BCUT2D eigenvalue weighted by Crippen LogP contribution is -2.24. The van der Waals surface area contributed by atoms with Gasteiger partial charge in [-0.15, -0.1) is 0 Å². The number of benzene rings is 1. The van der Waals surface area contributed by atoms with E-state index in [-0.39, 0.29) is 11.9 Å². The number of nitrogens with one attached hydrogen (secondary N) is 1. The van der Waals surface area contributed by atoms with Crippen molar-refractivity contribution in [1.82, 2.24) is 5.32 Å². The maximum Gasteiger partial charge on any atom is 0.142 e. The minimum Gasteiger partial charge on any atom is -0.469 e. The molecule has 1 aromatic heterocycles. The van der Waals surface area contributed by atoms with Gasteiger partial charge in [-0.3, -0.25) is 0 Å². The predicted octanol–water partition coefficient (Wildman–Crippen LogP) is 4.83. The van der Waals surface area contributed by atoms with Gasteiger partial charge in [0, 0.05) is 17.5 Å². The van der Waals surface area contributed by atoms with Gasteiger partial charge >= 0.3 is 0 Å². The van der Waals surface area contributed by atoms with Crippen molar-refractivity contribution >= 4 is 15.9 Å². The first-order valence-corrected chi connectivity index (χ1v) is 7.71. The summed E-state index contributed by atoms with van der Waals surface area (Å²) in [5, 5.41) is 3.41. The molecule has 0 bridgehead atoms. The molecular weight excluding hydrogens is 321 g/mol. The lowest BCUT2D eigenvalue weighted by atomic mass is 9.97. The molecule has 2 nitrogen and oxygen atoms in total. The van der Waals surface area contributed by atoms with Crippen molar-refractivity contribution in [2.24, 2.45) is 0 Å². The van der Waals surface area contributed by atoms with Crippen LogP contribution in [0.4, 0.5) is 4.39 Å². The van der Waals surface area contributed by atoms with Gasteiger partial charge in [-0.25, -0.2) is 4.39 Å². The summed E-state index contributed by atoms with van der Waals surface area (Å²) >= 11 is 3.26. The Labute approximate surface area is 127 Å². The number of hydrogen-bond acceptors (Lipinski definition) is 2. The van der Waals surface area contributed by atoms with E-state index in [1.807, 2.05) is 25.1 Å². The smallest absolute Gasteiger partial charge is 0.142 e. The number of furan rings is 1. The van der Waals surface area contributed by atoms with Crippen LogP contribution in [0.5, 0.6) is 0 Å². The third-order valence-corrected chi connectivity index (χ3v) is 3.92. The molecule has 4 heteroatoms. The van der Waals surface area contributed by atoms with Crippen molar-refractivity contribution in [3.8, 4) is 0 Å². The topological polar surface area (TPSA) is 25.2 Å². The van der Waals surface area contributed by atoms with E-state index in [9.17, 15) is 4.39 Å². The molecule has 2 rings (SSSR count). The van der Waals surface area contributed by atoms with Crippen LogP contribution in [0.25, 0.3) is 0 Å². The van der Waals surface area contributed by atoms with Crippen LogP contribution in [0, 0.1) is 5.82 Å². The van der Waals surface area contributed by atoms with E-state index in [0.29, 0.717) is 10.0 Å². The first-order chi connectivity index (χ1) is 9.69. The summed E-state index contributed by atoms with van der Waals surface area (Å²) in [7, 11) is 0. The average molecular weight is 340 g/mol. The molecule has 0 radical (unpaired) electrons. The van der Waals surface area contributed by atoms with Crippen LogP contribution in [0.1, 0.15) is 43.2 Å². The van der Waals surface area contributed by atoms with Gasteiger partial charge in [-0.2, -0.15) is 0 Å². The normalized spacial score (nSPS) is 12.6. The van der Waals surface area contributed by atoms with Crippen LogP contribution < -0.4 is 5.32 Å². The summed E-state index contributed by atoms with van der Waals surface area (Å²) in [6.07, 6.45) is 3.46. The highest BCUT2D eigenvalue weighted by Gasteiger charge is 2.22. The Morgan fingerprint density at radius 3 is 2.75 bits per heavy atom. The third kappa shape index (κ3) is 3.13. The molecule has 0 fully saturated rings. The maximum atomic E-state index is 14.4. The minimum atomic E-state index is -0.218. The summed E-state index contributed by atoms with van der Waals surface area (Å²) in [4.78, 5) is 0. The zero-order valence-corrected chi connectivity index (χ0v) is 13.3. The highest BCUT2D eigenvalue weighted by molar-refractivity contribution is 9.10. The van der Waals surface area contributed by atoms with E-state index >= 15 is 0 Å². The fourth-order valence-corrected chi connectivity index (χ4v) is 2.70. The molecule has 1 unspecified atom stereocenters. The molecule has 1 N–H and O–H groups in total. The molecule has 1 atom stereocenters. The van der Waals surface area contributed by atoms with Gasteiger partial charge in [-0.1, -0.05) is 26.0 Å². The SMILES string of the molecule is CCCNC(c1ccoc1CC)c1cccc(Br)c1F. The van der Waals surface area contributed by atoms with Crippen molar-refractivity contribution in [2.75, 3.05) is 6.54 Å². The first kappa shape index (κ1) is 15.3. The summed E-state index contributed by atoms with van der Waals surface area (Å²) < 4.78 is 20.4. The number of rotatable bonds is 6. The number of aryl methyl sites for hydroxylation is 1. The van der Waals surface area contributed by atoms with Crippen LogP contribution in [0.2, 0.25) is 0 Å². The summed E-state index contributed by atoms with van der Waals surface area (Å²) in [5.74, 6) is 0.683. The second-order valence-electron chi connectivity index (χ2n) is 4.68. The van der Waals surface area contributed by atoms with Gasteiger partial charge in [0.05, 0.1) is 16.8 Å². The fraction of sp³-hybridized carbons (Fsp3) is 0.375. The van der Waals surface area contributed by atoms with Crippen LogP contribution in [-0.4, -0.2) is 6.54 Å². The number of halogens is 2. The molecule has 0 amide bonds. The third-order valence-electron chi connectivity index (χ3n) is 3.30. The second-order valence-corrected chi connectivity index (χ2v) is 5.54. The average Bonchev–Trinajstić information content (AvgIpc) is 2.92. The van der Waals surface area contributed by atoms with Crippen molar-refractivity contribution in [3.63, 3.8) is 0 Å². The number of hydrogen-bond donors (Lipinski definition) is 1. The van der Waals surface area contributed by atoms with E-state index in [2.05, 4.69) is 28.2 Å². The Bertz CT molecular complexity index is 567. The lowest BCUT2D eigenvalue weighted by molar-refractivity contribution is 0.493. The quantitative estimate of drug-likeness (QED) is 0.815. The van der Waals surface area contributed by atoms with Crippen LogP contribution in [-0.2, 0) is 6.42 Å². The zero-order chi connectivity index (χ0) is 14.5.